The molecule has 124 valence electrons. The van der Waals surface area contributed by atoms with Gasteiger partial charge in [0.2, 0.25) is 5.91 Å². The third kappa shape index (κ3) is 4.12. The average molecular weight is 316 g/mol. The highest BCUT2D eigenvalue weighted by molar-refractivity contribution is 5.78. The first-order valence-corrected chi connectivity index (χ1v) is 8.18. The molecule has 5 N–H and O–H groups in total. The van der Waals surface area contributed by atoms with Crippen LogP contribution >= 0.6 is 0 Å². The van der Waals surface area contributed by atoms with Gasteiger partial charge in [-0.15, -0.1) is 0 Å². The molecule has 1 aliphatic heterocycles. The number of hydrogen-bond acceptors (Lipinski definition) is 4. The standard InChI is InChI=1S/C16H24N6O/c17-14(23)11-5-8-22(9-6-11)15-12(2-1-7-19-15)10-20-16(18)21-13-3-4-13/h1-2,7,11,13H,3-6,8-10H2,(H2,17,23)(H3,18,20,21). The van der Waals surface area contributed by atoms with E-state index in [1.165, 1.54) is 12.8 Å². The Morgan fingerprint density at radius 3 is 2.70 bits per heavy atom. The summed E-state index contributed by atoms with van der Waals surface area (Å²) in [4.78, 5) is 22.4. The molecule has 0 spiro atoms. The highest BCUT2D eigenvalue weighted by atomic mass is 16.1. The van der Waals surface area contributed by atoms with Gasteiger partial charge in [0.1, 0.15) is 5.82 Å². The molecule has 1 saturated carbocycles. The maximum absolute atomic E-state index is 11.3. The molecule has 3 rings (SSSR count). The van der Waals surface area contributed by atoms with E-state index in [2.05, 4.69) is 20.2 Å². The molecule has 0 bridgehead atoms. The quantitative estimate of drug-likeness (QED) is 0.536. The largest absolute Gasteiger partial charge is 0.370 e. The first-order chi connectivity index (χ1) is 11.1. The van der Waals surface area contributed by atoms with Crippen molar-refractivity contribution >= 4 is 17.7 Å². The lowest BCUT2D eigenvalue weighted by Crippen LogP contribution is -2.39. The van der Waals surface area contributed by atoms with Gasteiger partial charge in [-0.1, -0.05) is 6.07 Å². The number of nitrogens with two attached hydrogens (primary N) is 2. The van der Waals surface area contributed by atoms with Crippen LogP contribution in [0.25, 0.3) is 0 Å². The Kier molecular flexibility index (Phi) is 4.64. The van der Waals surface area contributed by atoms with Crippen LogP contribution in [0.5, 0.6) is 0 Å². The fraction of sp³-hybridized carbons (Fsp3) is 0.562. The smallest absolute Gasteiger partial charge is 0.220 e. The Labute approximate surface area is 136 Å². The maximum atomic E-state index is 11.3. The molecular weight excluding hydrogens is 292 g/mol. The van der Waals surface area contributed by atoms with Gasteiger partial charge in [0.05, 0.1) is 6.54 Å². The zero-order valence-electron chi connectivity index (χ0n) is 13.2. The predicted octanol–water partition coefficient (Wildman–Crippen LogP) is 0.350. The van der Waals surface area contributed by atoms with E-state index in [1.54, 1.807) is 6.20 Å². The van der Waals surface area contributed by atoms with Crippen molar-refractivity contribution in [2.45, 2.75) is 38.3 Å². The Morgan fingerprint density at radius 1 is 1.30 bits per heavy atom. The highest BCUT2D eigenvalue weighted by Gasteiger charge is 2.25. The summed E-state index contributed by atoms with van der Waals surface area (Å²) in [6.45, 7) is 2.08. The normalized spacial score (nSPS) is 19.7. The van der Waals surface area contributed by atoms with Crippen molar-refractivity contribution in [3.05, 3.63) is 23.9 Å². The van der Waals surface area contributed by atoms with Crippen molar-refractivity contribution in [1.29, 1.82) is 0 Å². The molecular formula is C16H24N6O. The molecule has 2 aliphatic rings. The Morgan fingerprint density at radius 2 is 2.04 bits per heavy atom. The second kappa shape index (κ2) is 6.85. The van der Waals surface area contributed by atoms with Gasteiger partial charge < -0.3 is 21.7 Å². The fourth-order valence-electron chi connectivity index (χ4n) is 2.87. The number of carbonyl (C=O) groups excluding carboxylic acids is 1. The summed E-state index contributed by atoms with van der Waals surface area (Å²) >= 11 is 0. The van der Waals surface area contributed by atoms with Gasteiger partial charge in [0.15, 0.2) is 5.96 Å². The third-order valence-electron chi connectivity index (χ3n) is 4.41. The third-order valence-corrected chi connectivity index (χ3v) is 4.41. The van der Waals surface area contributed by atoms with Gasteiger partial charge in [0.25, 0.3) is 0 Å². The van der Waals surface area contributed by atoms with Gasteiger partial charge >= 0.3 is 0 Å². The number of amides is 1. The van der Waals surface area contributed by atoms with Crippen LogP contribution in [-0.4, -0.2) is 36.0 Å². The van der Waals surface area contributed by atoms with E-state index in [0.717, 1.165) is 37.3 Å². The lowest BCUT2D eigenvalue weighted by Gasteiger charge is -2.32. The summed E-state index contributed by atoms with van der Waals surface area (Å²) < 4.78 is 0. The number of primary amides is 1. The number of nitrogens with one attached hydrogen (secondary N) is 1. The van der Waals surface area contributed by atoms with Crippen molar-refractivity contribution in [3.8, 4) is 0 Å². The van der Waals surface area contributed by atoms with E-state index in [4.69, 9.17) is 11.5 Å². The second-order valence-corrected chi connectivity index (χ2v) is 6.27. The highest BCUT2D eigenvalue weighted by Crippen LogP contribution is 2.25. The second-order valence-electron chi connectivity index (χ2n) is 6.27. The van der Waals surface area contributed by atoms with Crippen molar-refractivity contribution in [1.82, 2.24) is 10.3 Å². The van der Waals surface area contributed by atoms with Gasteiger partial charge in [-0.2, -0.15) is 0 Å². The summed E-state index contributed by atoms with van der Waals surface area (Å²) in [7, 11) is 0. The number of pyridine rings is 1. The number of piperidine rings is 1. The molecule has 1 aromatic heterocycles. The van der Waals surface area contributed by atoms with Crippen molar-refractivity contribution in [3.63, 3.8) is 0 Å². The van der Waals surface area contributed by atoms with Crippen LogP contribution in [0.2, 0.25) is 0 Å². The van der Waals surface area contributed by atoms with E-state index < -0.39 is 0 Å². The molecule has 1 aromatic rings. The van der Waals surface area contributed by atoms with E-state index in [1.807, 2.05) is 12.1 Å². The summed E-state index contributed by atoms with van der Waals surface area (Å²) in [6.07, 6.45) is 5.68. The van der Waals surface area contributed by atoms with E-state index in [-0.39, 0.29) is 11.8 Å². The SMILES string of the molecule is NC(=O)C1CCN(c2ncccc2CN=C(N)NC2CC2)CC1. The summed E-state index contributed by atoms with van der Waals surface area (Å²) in [5.41, 5.74) is 12.3. The summed E-state index contributed by atoms with van der Waals surface area (Å²) in [5, 5.41) is 3.18. The molecule has 0 radical (unpaired) electrons. The number of anilines is 1. The van der Waals surface area contributed by atoms with Crippen molar-refractivity contribution < 1.29 is 4.79 Å². The van der Waals surface area contributed by atoms with Crippen LogP contribution in [0.1, 0.15) is 31.2 Å². The van der Waals surface area contributed by atoms with Crippen LogP contribution in [0, 0.1) is 5.92 Å². The molecule has 0 atom stereocenters. The monoisotopic (exact) mass is 316 g/mol. The van der Waals surface area contributed by atoms with Crippen LogP contribution < -0.4 is 21.7 Å². The fourth-order valence-corrected chi connectivity index (χ4v) is 2.87. The van der Waals surface area contributed by atoms with Gasteiger partial charge in [-0.25, -0.2) is 9.98 Å². The Balaban J connectivity index is 1.64. The molecule has 0 aromatic carbocycles. The zero-order valence-corrected chi connectivity index (χ0v) is 13.2. The van der Waals surface area contributed by atoms with Crippen molar-refractivity contribution in [2.24, 2.45) is 22.4 Å². The minimum absolute atomic E-state index is 0.0187. The molecule has 1 saturated heterocycles. The predicted molar refractivity (Wildman–Crippen MR) is 89.9 cm³/mol. The first kappa shape index (κ1) is 15.6. The van der Waals surface area contributed by atoms with Crippen LogP contribution in [-0.2, 0) is 11.3 Å². The molecule has 1 amide bonds. The number of carbonyl (C=O) groups is 1. The number of nitrogens with zero attached hydrogens (tertiary/aromatic N) is 3. The number of aromatic nitrogens is 1. The van der Waals surface area contributed by atoms with E-state index in [9.17, 15) is 4.79 Å². The number of aliphatic imine (C=N–C) groups is 1. The summed E-state index contributed by atoms with van der Waals surface area (Å²) in [6, 6.07) is 4.44. The van der Waals surface area contributed by atoms with E-state index in [0.29, 0.717) is 18.5 Å². The number of hydrogen-bond donors (Lipinski definition) is 3. The lowest BCUT2D eigenvalue weighted by atomic mass is 9.96. The molecule has 23 heavy (non-hydrogen) atoms. The van der Waals surface area contributed by atoms with Gasteiger partial charge in [0, 0.05) is 36.8 Å². The number of rotatable bonds is 5. The first-order valence-electron chi connectivity index (χ1n) is 8.18. The van der Waals surface area contributed by atoms with Crippen molar-refractivity contribution in [2.75, 3.05) is 18.0 Å². The lowest BCUT2D eigenvalue weighted by molar-refractivity contribution is -0.122. The maximum Gasteiger partial charge on any atom is 0.220 e. The molecule has 0 unspecified atom stereocenters. The average Bonchev–Trinajstić information content (AvgIpc) is 3.37. The van der Waals surface area contributed by atoms with Crippen LogP contribution in [0.4, 0.5) is 5.82 Å². The van der Waals surface area contributed by atoms with Crippen LogP contribution in [0.15, 0.2) is 23.3 Å². The van der Waals surface area contributed by atoms with Gasteiger partial charge in [-0.3, -0.25) is 4.79 Å². The molecule has 2 fully saturated rings. The van der Waals surface area contributed by atoms with E-state index >= 15 is 0 Å². The Hall–Kier alpha value is -2.31. The minimum atomic E-state index is -0.200. The molecule has 7 heteroatoms. The van der Waals surface area contributed by atoms with Gasteiger partial charge in [-0.05, 0) is 31.7 Å². The zero-order chi connectivity index (χ0) is 16.2. The minimum Gasteiger partial charge on any atom is -0.370 e. The number of guanidine groups is 1. The molecule has 2 heterocycles. The Bertz CT molecular complexity index is 590. The molecule has 1 aliphatic carbocycles. The topological polar surface area (TPSA) is 110 Å². The summed E-state index contributed by atoms with van der Waals surface area (Å²) in [5.74, 6) is 1.21. The van der Waals surface area contributed by atoms with Crippen LogP contribution in [0.3, 0.4) is 0 Å². The molecule has 7 nitrogen and oxygen atoms in total.